The molecule has 0 fully saturated rings. The van der Waals surface area contributed by atoms with E-state index in [1.807, 2.05) is 6.92 Å². The maximum absolute atomic E-state index is 10.5. The lowest BCUT2D eigenvalue weighted by atomic mass is 10.2. The topological polar surface area (TPSA) is 54.4 Å². The fourth-order valence-electron chi connectivity index (χ4n) is 2.05. The van der Waals surface area contributed by atoms with Gasteiger partial charge < -0.3 is 8.97 Å². The Morgan fingerprint density at radius 3 is 1.23 bits per heavy atom. The molecule has 1 N–H and O–H groups in total. The van der Waals surface area contributed by atoms with Crippen molar-refractivity contribution < 1.29 is 21.9 Å². The molecule has 0 saturated heterocycles. The summed E-state index contributed by atoms with van der Waals surface area (Å²) >= 11 is 0. The molecule has 0 radical (unpaired) electrons. The molecule has 7 heteroatoms. The van der Waals surface area contributed by atoms with Crippen LogP contribution in [0.4, 0.5) is 0 Å². The summed E-state index contributed by atoms with van der Waals surface area (Å²) in [5.74, 6) is 0. The van der Waals surface area contributed by atoms with Crippen molar-refractivity contribution in [2.75, 3.05) is 54.4 Å². The summed E-state index contributed by atoms with van der Waals surface area (Å²) in [5, 5.41) is 0. The van der Waals surface area contributed by atoms with E-state index in [1.165, 1.54) is 42.8 Å². The predicted octanol–water partition coefficient (Wildman–Crippen LogP) is 4.02. The average Bonchev–Trinajstić information content (AvgIpc) is 2.49. The van der Waals surface area contributed by atoms with Crippen LogP contribution in [0.5, 0.6) is 0 Å². The highest BCUT2D eigenvalue weighted by Gasteiger charge is 2.16. The standard InChI is InChI=1S/C8H20N.C7H8O3S.C4H12N.BrH/c1-5-9(6-2,7-3)8-4;1-6-2-4-7(5-3-6)11(8,9)10;1-5(2,3)4;/h5-8H2,1-4H3;2-5H,1H3,(H,8,9,10);1-4H3;1H/q+1;;+1;. The number of rotatable bonds is 5. The Kier molecular flexibility index (Phi) is 15.9. The van der Waals surface area contributed by atoms with E-state index in [1.54, 1.807) is 12.1 Å². The summed E-state index contributed by atoms with van der Waals surface area (Å²) in [4.78, 5) is -0.0666. The number of hydrogen-bond donors (Lipinski definition) is 1. The van der Waals surface area contributed by atoms with Crippen LogP contribution in [-0.2, 0) is 10.1 Å². The molecule has 156 valence electrons. The van der Waals surface area contributed by atoms with Gasteiger partial charge in [-0.2, -0.15) is 8.42 Å². The molecular formula is C19H41BrN2O3S+2. The minimum absolute atomic E-state index is 0. The summed E-state index contributed by atoms with van der Waals surface area (Å²) in [6.45, 7) is 16.1. The zero-order chi connectivity index (χ0) is 20.3. The molecule has 0 aliphatic carbocycles. The largest absolute Gasteiger partial charge is 0.333 e. The fraction of sp³-hybridized carbons (Fsp3) is 0.684. The van der Waals surface area contributed by atoms with Crippen molar-refractivity contribution in [3.63, 3.8) is 0 Å². The van der Waals surface area contributed by atoms with E-state index in [-0.39, 0.29) is 21.9 Å². The minimum Gasteiger partial charge on any atom is -0.333 e. The number of benzene rings is 1. The number of quaternary nitrogens is 2. The summed E-state index contributed by atoms with van der Waals surface area (Å²) in [6.07, 6.45) is 0. The highest BCUT2D eigenvalue weighted by molar-refractivity contribution is 8.93. The van der Waals surface area contributed by atoms with Crippen LogP contribution in [0.3, 0.4) is 0 Å². The second kappa shape index (κ2) is 13.7. The van der Waals surface area contributed by atoms with E-state index in [9.17, 15) is 8.42 Å². The second-order valence-electron chi connectivity index (χ2n) is 7.58. The van der Waals surface area contributed by atoms with Crippen molar-refractivity contribution in [2.45, 2.75) is 39.5 Å². The molecule has 1 aromatic carbocycles. The van der Waals surface area contributed by atoms with Gasteiger partial charge in [-0.05, 0) is 46.8 Å². The van der Waals surface area contributed by atoms with Crippen LogP contribution in [-0.4, -0.2) is 76.3 Å². The van der Waals surface area contributed by atoms with Crippen LogP contribution in [0.15, 0.2) is 29.2 Å². The van der Waals surface area contributed by atoms with Gasteiger partial charge in [-0.3, -0.25) is 4.55 Å². The number of nitrogens with zero attached hydrogens (tertiary/aromatic N) is 2. The lowest BCUT2D eigenvalue weighted by Gasteiger charge is -2.34. The first kappa shape index (κ1) is 30.3. The normalized spacial score (nSPS) is 11.3. The van der Waals surface area contributed by atoms with Crippen molar-refractivity contribution >= 4 is 27.1 Å². The van der Waals surface area contributed by atoms with Crippen LogP contribution >= 0.6 is 17.0 Å². The molecule has 0 saturated carbocycles. The van der Waals surface area contributed by atoms with E-state index in [4.69, 9.17) is 4.55 Å². The third-order valence-electron chi connectivity index (χ3n) is 4.00. The van der Waals surface area contributed by atoms with Gasteiger partial charge in [-0.15, -0.1) is 17.0 Å². The molecular weight excluding hydrogens is 416 g/mol. The van der Waals surface area contributed by atoms with E-state index in [0.717, 1.165) is 10.0 Å². The molecule has 1 aromatic rings. The summed E-state index contributed by atoms with van der Waals surface area (Å²) in [5.41, 5.74) is 0.956. The fourth-order valence-corrected chi connectivity index (χ4v) is 2.53. The van der Waals surface area contributed by atoms with Gasteiger partial charge in [0.1, 0.15) is 0 Å². The van der Waals surface area contributed by atoms with Gasteiger partial charge in [0.2, 0.25) is 0 Å². The number of aryl methyl sites for hydroxylation is 1. The monoisotopic (exact) mass is 456 g/mol. The Morgan fingerprint density at radius 1 is 0.808 bits per heavy atom. The third-order valence-corrected chi connectivity index (χ3v) is 4.87. The first-order chi connectivity index (χ1) is 11.2. The van der Waals surface area contributed by atoms with Gasteiger partial charge in [-0.1, -0.05) is 17.7 Å². The van der Waals surface area contributed by atoms with Gasteiger partial charge >= 0.3 is 0 Å². The van der Waals surface area contributed by atoms with Crippen LogP contribution in [0, 0.1) is 6.92 Å². The lowest BCUT2D eigenvalue weighted by Crippen LogP contribution is -2.47. The van der Waals surface area contributed by atoms with Gasteiger partial charge in [0.15, 0.2) is 0 Å². The Morgan fingerprint density at radius 2 is 1.08 bits per heavy atom. The third kappa shape index (κ3) is 15.8. The van der Waals surface area contributed by atoms with Crippen molar-refractivity contribution in [3.05, 3.63) is 29.8 Å². The summed E-state index contributed by atoms with van der Waals surface area (Å²) in [7, 11) is 4.48. The van der Waals surface area contributed by atoms with Crippen molar-refractivity contribution in [1.29, 1.82) is 0 Å². The molecule has 0 aliphatic heterocycles. The lowest BCUT2D eigenvalue weighted by molar-refractivity contribution is -0.921. The zero-order valence-corrected chi connectivity index (χ0v) is 20.6. The van der Waals surface area contributed by atoms with E-state index < -0.39 is 10.1 Å². The molecule has 0 unspecified atom stereocenters. The Labute approximate surface area is 172 Å². The molecule has 1 rings (SSSR count). The SMILES string of the molecule is Br.CC[N+](CC)(CC)CC.C[N+](C)(C)C.Cc1ccc(S(=O)(=O)O)cc1. The predicted molar refractivity (Wildman–Crippen MR) is 118 cm³/mol. The first-order valence-electron chi connectivity index (χ1n) is 8.92. The minimum atomic E-state index is -4.02. The average molecular weight is 458 g/mol. The Hall–Kier alpha value is -0.470. The molecule has 0 amide bonds. The highest BCUT2D eigenvalue weighted by atomic mass is 79.9. The van der Waals surface area contributed by atoms with Crippen molar-refractivity contribution in [1.82, 2.24) is 0 Å². The molecule has 26 heavy (non-hydrogen) atoms. The van der Waals surface area contributed by atoms with Gasteiger partial charge in [-0.25, -0.2) is 0 Å². The van der Waals surface area contributed by atoms with Gasteiger partial charge in [0.25, 0.3) is 10.1 Å². The van der Waals surface area contributed by atoms with Crippen LogP contribution in [0.1, 0.15) is 33.3 Å². The summed E-state index contributed by atoms with van der Waals surface area (Å²) in [6, 6.07) is 5.99. The molecule has 5 nitrogen and oxygen atoms in total. The second-order valence-corrected chi connectivity index (χ2v) is 9.00. The molecule has 0 bridgehead atoms. The van der Waals surface area contributed by atoms with Crippen LogP contribution < -0.4 is 0 Å². The first-order valence-corrected chi connectivity index (χ1v) is 10.4. The molecule has 0 heterocycles. The quantitative estimate of drug-likeness (QED) is 0.537. The Bertz CT molecular complexity index is 540. The maximum atomic E-state index is 10.5. The van der Waals surface area contributed by atoms with Crippen molar-refractivity contribution in [3.8, 4) is 0 Å². The van der Waals surface area contributed by atoms with Crippen molar-refractivity contribution in [2.24, 2.45) is 0 Å². The Balaban J connectivity index is -0.000000321. The smallest absolute Gasteiger partial charge is 0.294 e. The summed E-state index contributed by atoms with van der Waals surface area (Å²) < 4.78 is 31.8. The van der Waals surface area contributed by atoms with Gasteiger partial charge in [0.05, 0.1) is 59.3 Å². The van der Waals surface area contributed by atoms with E-state index in [0.29, 0.717) is 0 Å². The van der Waals surface area contributed by atoms with Crippen LogP contribution in [0.2, 0.25) is 0 Å². The number of hydrogen-bond acceptors (Lipinski definition) is 2. The molecule has 0 atom stereocenters. The van der Waals surface area contributed by atoms with Gasteiger partial charge in [0, 0.05) is 0 Å². The van der Waals surface area contributed by atoms with E-state index in [2.05, 4.69) is 55.9 Å². The molecule has 0 aliphatic rings. The highest BCUT2D eigenvalue weighted by Crippen LogP contribution is 2.08. The molecule has 0 aromatic heterocycles. The molecule has 0 spiro atoms. The van der Waals surface area contributed by atoms with E-state index >= 15 is 0 Å². The maximum Gasteiger partial charge on any atom is 0.294 e. The number of halogens is 1. The zero-order valence-electron chi connectivity index (χ0n) is 18.1. The van der Waals surface area contributed by atoms with Crippen LogP contribution in [0.25, 0.3) is 0 Å².